The van der Waals surface area contributed by atoms with Crippen LogP contribution < -0.4 is 4.74 Å². The fraction of sp³-hybridized carbons (Fsp3) is 0.538. The van der Waals surface area contributed by atoms with Crippen molar-refractivity contribution in [3.63, 3.8) is 0 Å². The van der Waals surface area contributed by atoms with Crippen molar-refractivity contribution in [1.82, 2.24) is 9.88 Å². The number of carbonyl (C=O) groups is 1. The van der Waals surface area contributed by atoms with E-state index in [9.17, 15) is 13.6 Å². The maximum absolute atomic E-state index is 12.2. The molecule has 1 fully saturated rings. The highest BCUT2D eigenvalue weighted by molar-refractivity contribution is 5.95. The smallest absolute Gasteiger partial charge is 0.276 e. The van der Waals surface area contributed by atoms with Crippen molar-refractivity contribution >= 4 is 5.91 Å². The minimum absolute atomic E-state index is 0.111. The maximum Gasteiger partial charge on any atom is 0.276 e. The second-order valence-electron chi connectivity index (χ2n) is 4.77. The third kappa shape index (κ3) is 3.00. The van der Waals surface area contributed by atoms with Crippen LogP contribution in [0.3, 0.4) is 0 Å². The van der Waals surface area contributed by atoms with Gasteiger partial charge in [-0.3, -0.25) is 4.79 Å². The van der Waals surface area contributed by atoms with Crippen molar-refractivity contribution in [1.29, 1.82) is 0 Å². The predicted octanol–water partition coefficient (Wildman–Crippen LogP) is 2.13. The van der Waals surface area contributed by atoms with Crippen LogP contribution in [0.4, 0.5) is 8.78 Å². The molecule has 1 aliphatic rings. The first-order valence-electron chi connectivity index (χ1n) is 6.09. The molecule has 1 aromatic rings. The zero-order chi connectivity index (χ0) is 14.0. The van der Waals surface area contributed by atoms with Gasteiger partial charge in [-0.25, -0.2) is 13.8 Å². The molecular formula is C13H16F2N2O2. The zero-order valence-corrected chi connectivity index (χ0v) is 10.9. The number of aromatic nitrogens is 1. The predicted molar refractivity (Wildman–Crippen MR) is 65.5 cm³/mol. The summed E-state index contributed by atoms with van der Waals surface area (Å²) < 4.78 is 29.5. The van der Waals surface area contributed by atoms with Crippen LogP contribution in [0, 0.1) is 12.8 Å². The molecule has 0 bridgehead atoms. The first kappa shape index (κ1) is 13.7. The van der Waals surface area contributed by atoms with Gasteiger partial charge < -0.3 is 9.64 Å². The highest BCUT2D eigenvalue weighted by Gasteiger charge is 2.34. The fourth-order valence-electron chi connectivity index (χ4n) is 2.15. The number of rotatable bonds is 4. The third-order valence-electron chi connectivity index (χ3n) is 3.17. The molecule has 0 spiro atoms. The summed E-state index contributed by atoms with van der Waals surface area (Å²) in [6, 6.07) is 1.73. The van der Waals surface area contributed by atoms with Gasteiger partial charge in [0.2, 0.25) is 6.43 Å². The van der Waals surface area contributed by atoms with Crippen molar-refractivity contribution < 1.29 is 18.3 Å². The van der Waals surface area contributed by atoms with E-state index in [-0.39, 0.29) is 23.9 Å². The molecule has 2 heterocycles. The number of aryl methyl sites for hydroxylation is 1. The number of likely N-dealkylation sites (tertiary alicyclic amines) is 1. The summed E-state index contributed by atoms with van der Waals surface area (Å²) in [5, 5.41) is 0. The molecule has 0 saturated carbocycles. The van der Waals surface area contributed by atoms with Crippen LogP contribution in [0.25, 0.3) is 0 Å². The standard InChI is InChI=1S/C13H16F2N2O2/c1-8-3-10(19-2)12(16-5-8)13(18)17-6-9(7-17)4-11(14)15/h3,5,9,11H,4,6-7H2,1-2H3. The topological polar surface area (TPSA) is 42.4 Å². The van der Waals surface area contributed by atoms with Crippen LogP contribution >= 0.6 is 0 Å². The first-order chi connectivity index (χ1) is 9.01. The molecule has 1 aromatic heterocycles. The Morgan fingerprint density at radius 2 is 2.26 bits per heavy atom. The summed E-state index contributed by atoms with van der Waals surface area (Å²) in [6.07, 6.45) is -0.872. The Kier molecular flexibility index (Phi) is 3.97. The Morgan fingerprint density at radius 1 is 1.58 bits per heavy atom. The number of carbonyl (C=O) groups excluding carboxylic acids is 1. The van der Waals surface area contributed by atoms with Crippen LogP contribution in [0.1, 0.15) is 22.5 Å². The molecule has 0 radical (unpaired) electrons. The molecule has 1 aliphatic heterocycles. The van der Waals surface area contributed by atoms with E-state index in [0.717, 1.165) is 5.56 Å². The van der Waals surface area contributed by atoms with Gasteiger partial charge in [0.25, 0.3) is 5.91 Å². The second-order valence-corrected chi connectivity index (χ2v) is 4.77. The van der Waals surface area contributed by atoms with Gasteiger partial charge in [-0.1, -0.05) is 0 Å². The van der Waals surface area contributed by atoms with Crippen molar-refractivity contribution in [3.8, 4) is 5.75 Å². The largest absolute Gasteiger partial charge is 0.494 e. The van der Waals surface area contributed by atoms with Crippen LogP contribution in [0.15, 0.2) is 12.3 Å². The van der Waals surface area contributed by atoms with Gasteiger partial charge in [0.15, 0.2) is 5.69 Å². The number of halogens is 2. The van der Waals surface area contributed by atoms with Gasteiger partial charge >= 0.3 is 0 Å². The SMILES string of the molecule is COc1cc(C)cnc1C(=O)N1CC(CC(F)F)C1. The van der Waals surface area contributed by atoms with Crippen LogP contribution in [0.2, 0.25) is 0 Å². The lowest BCUT2D eigenvalue weighted by Gasteiger charge is -2.39. The van der Waals surface area contributed by atoms with Crippen molar-refractivity contribution in [2.45, 2.75) is 19.8 Å². The average molecular weight is 270 g/mol. The van der Waals surface area contributed by atoms with Crippen molar-refractivity contribution in [3.05, 3.63) is 23.5 Å². The highest BCUT2D eigenvalue weighted by Crippen LogP contribution is 2.26. The molecule has 6 heteroatoms. The molecule has 0 unspecified atom stereocenters. The Bertz CT molecular complexity index is 474. The number of nitrogens with zero attached hydrogens (tertiary/aromatic N) is 2. The normalized spacial score (nSPS) is 15.5. The Labute approximate surface area is 110 Å². The molecule has 1 amide bonds. The van der Waals surface area contributed by atoms with E-state index in [0.29, 0.717) is 18.8 Å². The quantitative estimate of drug-likeness (QED) is 0.841. The molecule has 0 atom stereocenters. The van der Waals surface area contributed by atoms with Gasteiger partial charge in [-0.05, 0) is 24.5 Å². The summed E-state index contributed by atoms with van der Waals surface area (Å²) in [7, 11) is 1.48. The lowest BCUT2D eigenvalue weighted by atomic mass is 9.96. The average Bonchev–Trinajstić information content (AvgIpc) is 2.32. The lowest BCUT2D eigenvalue weighted by Crippen LogP contribution is -2.50. The van der Waals surface area contributed by atoms with Crippen molar-refractivity contribution in [2.24, 2.45) is 5.92 Å². The van der Waals surface area contributed by atoms with Crippen molar-refractivity contribution in [2.75, 3.05) is 20.2 Å². The van der Waals surface area contributed by atoms with E-state index >= 15 is 0 Å². The van der Waals surface area contributed by atoms with Gasteiger partial charge in [0.05, 0.1) is 7.11 Å². The fourth-order valence-corrected chi connectivity index (χ4v) is 2.15. The molecule has 4 nitrogen and oxygen atoms in total. The molecule has 0 N–H and O–H groups in total. The van der Waals surface area contributed by atoms with E-state index < -0.39 is 6.43 Å². The first-order valence-corrected chi connectivity index (χ1v) is 6.09. The number of alkyl halides is 2. The van der Waals surface area contributed by atoms with Crippen LogP contribution in [-0.4, -0.2) is 42.4 Å². The number of methoxy groups -OCH3 is 1. The Hall–Kier alpha value is -1.72. The maximum atomic E-state index is 12.2. The van der Waals surface area contributed by atoms with E-state index in [1.54, 1.807) is 12.3 Å². The molecule has 0 aliphatic carbocycles. The number of amides is 1. The van der Waals surface area contributed by atoms with Crippen LogP contribution in [0.5, 0.6) is 5.75 Å². The number of hydrogen-bond donors (Lipinski definition) is 0. The number of hydrogen-bond acceptors (Lipinski definition) is 3. The number of pyridine rings is 1. The summed E-state index contributed by atoms with van der Waals surface area (Å²) in [6.45, 7) is 2.58. The minimum atomic E-state index is -2.31. The molecule has 2 rings (SSSR count). The lowest BCUT2D eigenvalue weighted by molar-refractivity contribution is 0.0273. The molecule has 19 heavy (non-hydrogen) atoms. The Morgan fingerprint density at radius 3 is 2.84 bits per heavy atom. The second kappa shape index (κ2) is 5.50. The van der Waals surface area contributed by atoms with Gasteiger partial charge in [-0.2, -0.15) is 0 Å². The summed E-state index contributed by atoms with van der Waals surface area (Å²) >= 11 is 0. The summed E-state index contributed by atoms with van der Waals surface area (Å²) in [4.78, 5) is 17.7. The summed E-state index contributed by atoms with van der Waals surface area (Å²) in [5.74, 6) is 0.0464. The third-order valence-corrected chi connectivity index (χ3v) is 3.17. The Balaban J connectivity index is 2.02. The molecule has 1 saturated heterocycles. The number of ether oxygens (including phenoxy) is 1. The molecule has 0 aromatic carbocycles. The van der Waals surface area contributed by atoms with E-state index in [1.165, 1.54) is 12.0 Å². The summed E-state index contributed by atoms with van der Waals surface area (Å²) in [5.41, 5.74) is 1.14. The zero-order valence-electron chi connectivity index (χ0n) is 10.9. The van der Waals surface area contributed by atoms with E-state index in [2.05, 4.69) is 4.98 Å². The van der Waals surface area contributed by atoms with Gasteiger partial charge in [0, 0.05) is 25.7 Å². The van der Waals surface area contributed by atoms with Crippen LogP contribution in [-0.2, 0) is 0 Å². The van der Waals surface area contributed by atoms with E-state index in [4.69, 9.17) is 4.74 Å². The monoisotopic (exact) mass is 270 g/mol. The van der Waals surface area contributed by atoms with Gasteiger partial charge in [0.1, 0.15) is 5.75 Å². The van der Waals surface area contributed by atoms with E-state index in [1.807, 2.05) is 6.92 Å². The minimum Gasteiger partial charge on any atom is -0.494 e. The molecule has 104 valence electrons. The van der Waals surface area contributed by atoms with Gasteiger partial charge in [-0.15, -0.1) is 0 Å². The molecular weight excluding hydrogens is 254 g/mol. The highest BCUT2D eigenvalue weighted by atomic mass is 19.3.